The van der Waals surface area contributed by atoms with Crippen LogP contribution in [-0.4, -0.2) is 25.2 Å². The van der Waals surface area contributed by atoms with Gasteiger partial charge in [-0.3, -0.25) is 0 Å². The van der Waals surface area contributed by atoms with Crippen molar-refractivity contribution < 1.29 is 13.2 Å². The Labute approximate surface area is 116 Å². The smallest absolute Gasteiger partial charge is 0.178 e. The largest absolute Gasteiger partial charge is 0.356 e. The standard InChI is InChI=1S/C15H24O3S/c1-13(2,3)18-12-15-9-5-4-7-14(15,8-6-10-15)11-19(12,16)17/h4-5,12H,6-11H2,1-3H3/t12-,14+,15+/m1/s1. The summed E-state index contributed by atoms with van der Waals surface area (Å²) in [6.07, 6.45) is 9.31. The van der Waals surface area contributed by atoms with Crippen LogP contribution in [0.4, 0.5) is 0 Å². The van der Waals surface area contributed by atoms with Gasteiger partial charge < -0.3 is 4.74 Å². The second-order valence-electron chi connectivity index (χ2n) is 7.54. The summed E-state index contributed by atoms with van der Waals surface area (Å²) in [5.41, 5.74) is -1.22. The van der Waals surface area contributed by atoms with Gasteiger partial charge in [-0.15, -0.1) is 0 Å². The van der Waals surface area contributed by atoms with E-state index in [0.717, 1.165) is 32.1 Å². The molecule has 1 saturated carbocycles. The van der Waals surface area contributed by atoms with Crippen molar-refractivity contribution >= 4 is 9.84 Å². The van der Waals surface area contributed by atoms with Gasteiger partial charge >= 0.3 is 0 Å². The van der Waals surface area contributed by atoms with E-state index in [1.165, 1.54) is 0 Å². The normalized spacial score (nSPS) is 44.1. The molecule has 2 aliphatic carbocycles. The summed E-state index contributed by atoms with van der Waals surface area (Å²) in [5.74, 6) is 0.324. The SMILES string of the molecule is CC(C)(C)O[C@H]1[C@@]23CC=CC[C@]2(CCC3)CS1(=O)=O. The molecule has 3 atom stereocenters. The van der Waals surface area contributed by atoms with Crippen LogP contribution >= 0.6 is 0 Å². The van der Waals surface area contributed by atoms with Gasteiger partial charge in [0.2, 0.25) is 0 Å². The molecule has 3 aliphatic rings. The van der Waals surface area contributed by atoms with Crippen molar-refractivity contribution in [2.45, 2.75) is 63.9 Å². The van der Waals surface area contributed by atoms with E-state index in [2.05, 4.69) is 12.2 Å². The maximum atomic E-state index is 12.7. The second kappa shape index (κ2) is 3.85. The Morgan fingerprint density at radius 2 is 1.84 bits per heavy atom. The fourth-order valence-electron chi connectivity index (χ4n) is 4.53. The molecular weight excluding hydrogens is 260 g/mol. The number of allylic oxidation sites excluding steroid dienone is 2. The minimum Gasteiger partial charge on any atom is -0.356 e. The molecule has 0 amide bonds. The van der Waals surface area contributed by atoms with Gasteiger partial charge in [-0.25, -0.2) is 8.42 Å². The summed E-state index contributed by atoms with van der Waals surface area (Å²) in [4.78, 5) is 0. The predicted molar refractivity (Wildman–Crippen MR) is 75.5 cm³/mol. The molecule has 108 valence electrons. The third kappa shape index (κ3) is 1.83. The van der Waals surface area contributed by atoms with Gasteiger partial charge in [-0.1, -0.05) is 18.6 Å². The number of hydrogen-bond acceptors (Lipinski definition) is 3. The zero-order chi connectivity index (χ0) is 13.9. The molecule has 1 aliphatic heterocycles. The van der Waals surface area contributed by atoms with Crippen LogP contribution in [0.25, 0.3) is 0 Å². The summed E-state index contributed by atoms with van der Waals surface area (Å²) in [6, 6.07) is 0. The van der Waals surface area contributed by atoms with Gasteiger partial charge in [0.05, 0.1) is 11.4 Å². The highest BCUT2D eigenvalue weighted by molar-refractivity contribution is 7.92. The maximum Gasteiger partial charge on any atom is 0.178 e. The van der Waals surface area contributed by atoms with Crippen LogP contribution in [0.1, 0.15) is 52.9 Å². The van der Waals surface area contributed by atoms with Crippen LogP contribution in [0, 0.1) is 10.8 Å². The number of rotatable bonds is 1. The summed E-state index contributed by atoms with van der Waals surface area (Å²) in [5, 5.41) is 0. The van der Waals surface area contributed by atoms with Crippen molar-refractivity contribution in [3.63, 3.8) is 0 Å². The van der Waals surface area contributed by atoms with Gasteiger partial charge in [-0.05, 0) is 51.9 Å². The molecule has 0 spiro atoms. The lowest BCUT2D eigenvalue weighted by Gasteiger charge is -2.44. The van der Waals surface area contributed by atoms with E-state index in [4.69, 9.17) is 4.74 Å². The summed E-state index contributed by atoms with van der Waals surface area (Å²) < 4.78 is 31.4. The lowest BCUT2D eigenvalue weighted by atomic mass is 9.61. The molecule has 0 bridgehead atoms. The molecule has 1 saturated heterocycles. The zero-order valence-electron chi connectivity index (χ0n) is 12.1. The lowest BCUT2D eigenvalue weighted by Crippen LogP contribution is -2.46. The van der Waals surface area contributed by atoms with Gasteiger partial charge in [0.1, 0.15) is 0 Å². The van der Waals surface area contributed by atoms with Crippen molar-refractivity contribution in [3.05, 3.63) is 12.2 Å². The van der Waals surface area contributed by atoms with E-state index >= 15 is 0 Å². The fourth-order valence-corrected chi connectivity index (χ4v) is 7.59. The minimum atomic E-state index is -3.14. The van der Waals surface area contributed by atoms with Crippen LogP contribution in [0.2, 0.25) is 0 Å². The van der Waals surface area contributed by atoms with E-state index in [0.29, 0.717) is 5.75 Å². The van der Waals surface area contributed by atoms with Gasteiger partial charge in [0, 0.05) is 5.41 Å². The highest BCUT2D eigenvalue weighted by atomic mass is 32.2. The third-order valence-corrected chi connectivity index (χ3v) is 7.36. The third-order valence-electron chi connectivity index (χ3n) is 5.21. The average Bonchev–Trinajstić information content (AvgIpc) is 2.70. The zero-order valence-corrected chi connectivity index (χ0v) is 12.9. The van der Waals surface area contributed by atoms with Crippen molar-refractivity contribution in [1.82, 2.24) is 0 Å². The molecule has 3 nitrogen and oxygen atoms in total. The fraction of sp³-hybridized carbons (Fsp3) is 0.867. The molecule has 0 aromatic carbocycles. The monoisotopic (exact) mass is 284 g/mol. The molecule has 3 rings (SSSR count). The first-order valence-corrected chi connectivity index (χ1v) is 8.97. The molecule has 0 aromatic rings. The molecular formula is C15H24O3S. The Kier molecular flexibility index (Phi) is 2.76. The van der Waals surface area contributed by atoms with E-state index in [-0.39, 0.29) is 10.8 Å². The Morgan fingerprint density at radius 1 is 1.16 bits per heavy atom. The van der Waals surface area contributed by atoms with E-state index in [1.54, 1.807) is 0 Å². The van der Waals surface area contributed by atoms with Crippen LogP contribution in [0.3, 0.4) is 0 Å². The van der Waals surface area contributed by atoms with E-state index < -0.39 is 20.9 Å². The predicted octanol–water partition coefficient (Wildman–Crippen LogP) is 3.06. The topological polar surface area (TPSA) is 43.4 Å². The molecule has 0 aromatic heterocycles. The molecule has 19 heavy (non-hydrogen) atoms. The van der Waals surface area contributed by atoms with Gasteiger partial charge in [0.25, 0.3) is 0 Å². The molecule has 2 fully saturated rings. The minimum absolute atomic E-state index is 0.0451. The van der Waals surface area contributed by atoms with Crippen LogP contribution in [0.5, 0.6) is 0 Å². The van der Waals surface area contributed by atoms with Crippen molar-refractivity contribution in [3.8, 4) is 0 Å². The van der Waals surface area contributed by atoms with E-state index in [1.807, 2.05) is 20.8 Å². The Balaban J connectivity index is 2.09. The van der Waals surface area contributed by atoms with Crippen LogP contribution in [0.15, 0.2) is 12.2 Å². The Bertz CT molecular complexity index is 514. The Morgan fingerprint density at radius 3 is 2.53 bits per heavy atom. The molecule has 0 unspecified atom stereocenters. The van der Waals surface area contributed by atoms with Crippen LogP contribution in [-0.2, 0) is 14.6 Å². The molecule has 0 N–H and O–H groups in total. The molecule has 0 radical (unpaired) electrons. The second-order valence-corrected chi connectivity index (χ2v) is 9.58. The number of ether oxygens (including phenoxy) is 1. The lowest BCUT2D eigenvalue weighted by molar-refractivity contribution is -0.0984. The quantitative estimate of drug-likeness (QED) is 0.695. The van der Waals surface area contributed by atoms with Gasteiger partial charge in [-0.2, -0.15) is 0 Å². The molecule has 4 heteroatoms. The number of hydrogen-bond donors (Lipinski definition) is 0. The average molecular weight is 284 g/mol. The highest BCUT2D eigenvalue weighted by Crippen LogP contribution is 2.67. The Hall–Kier alpha value is -0.350. The first-order chi connectivity index (χ1) is 8.71. The summed E-state index contributed by atoms with van der Waals surface area (Å²) in [7, 11) is -3.14. The maximum absolute atomic E-state index is 12.7. The number of sulfone groups is 1. The summed E-state index contributed by atoms with van der Waals surface area (Å²) >= 11 is 0. The van der Waals surface area contributed by atoms with Crippen molar-refractivity contribution in [1.29, 1.82) is 0 Å². The first kappa shape index (κ1) is 13.6. The van der Waals surface area contributed by atoms with Gasteiger partial charge in [0.15, 0.2) is 15.3 Å². The van der Waals surface area contributed by atoms with Crippen molar-refractivity contribution in [2.24, 2.45) is 10.8 Å². The molecule has 1 heterocycles. The van der Waals surface area contributed by atoms with E-state index in [9.17, 15) is 8.42 Å². The first-order valence-electron chi connectivity index (χ1n) is 7.25. The highest BCUT2D eigenvalue weighted by Gasteiger charge is 2.69. The van der Waals surface area contributed by atoms with Crippen molar-refractivity contribution in [2.75, 3.05) is 5.75 Å². The van der Waals surface area contributed by atoms with Crippen LogP contribution < -0.4 is 0 Å². The summed E-state index contributed by atoms with van der Waals surface area (Å²) in [6.45, 7) is 5.85.